The largest absolute Gasteiger partial charge is 0.394 e. The average molecular weight is 225 g/mol. The second kappa shape index (κ2) is 8.16. The van der Waals surface area contributed by atoms with E-state index in [0.29, 0.717) is 19.8 Å². The minimum absolute atomic E-state index is 0.0432. The van der Waals surface area contributed by atoms with Gasteiger partial charge in [0.2, 0.25) is 0 Å². The molecule has 0 aromatic rings. The third kappa shape index (κ3) is 11.8. The fourth-order valence-corrected chi connectivity index (χ4v) is 1.36. The molecule has 0 spiro atoms. The molecule has 0 radical (unpaired) electrons. The Morgan fingerprint density at radius 1 is 1.29 bits per heavy atom. The minimum Gasteiger partial charge on any atom is -0.394 e. The second-order valence-corrected chi connectivity index (χ2v) is 5.33. The molecule has 0 aromatic heterocycles. The van der Waals surface area contributed by atoms with Crippen molar-refractivity contribution in [3.8, 4) is 0 Å². The van der Waals surface area contributed by atoms with Gasteiger partial charge in [0.1, 0.15) is 9.84 Å². The summed E-state index contributed by atoms with van der Waals surface area (Å²) in [7, 11) is -2.85. The summed E-state index contributed by atoms with van der Waals surface area (Å²) < 4.78 is 26.4. The van der Waals surface area contributed by atoms with Gasteiger partial charge in [0.25, 0.3) is 0 Å². The topological polar surface area (TPSA) is 75.6 Å². The summed E-state index contributed by atoms with van der Waals surface area (Å²) in [5.74, 6) is 0.171. The molecule has 0 fully saturated rings. The fourth-order valence-electron chi connectivity index (χ4n) is 0.848. The van der Waals surface area contributed by atoms with Gasteiger partial charge in [-0.2, -0.15) is 0 Å². The van der Waals surface area contributed by atoms with Crippen LogP contribution in [0.2, 0.25) is 0 Å². The Morgan fingerprint density at radius 3 is 2.57 bits per heavy atom. The number of aliphatic hydroxyl groups is 1. The predicted molar refractivity (Wildman–Crippen MR) is 55.1 cm³/mol. The summed E-state index contributed by atoms with van der Waals surface area (Å²) in [6, 6.07) is 0. The number of rotatable bonds is 9. The monoisotopic (exact) mass is 225 g/mol. The van der Waals surface area contributed by atoms with Gasteiger partial charge in [-0.05, 0) is 13.0 Å². The summed E-state index contributed by atoms with van der Waals surface area (Å²) >= 11 is 0. The molecule has 2 N–H and O–H groups in total. The van der Waals surface area contributed by atoms with Crippen LogP contribution < -0.4 is 5.32 Å². The van der Waals surface area contributed by atoms with Gasteiger partial charge in [0, 0.05) is 19.4 Å². The van der Waals surface area contributed by atoms with Crippen molar-refractivity contribution in [2.75, 3.05) is 44.9 Å². The molecule has 0 saturated heterocycles. The van der Waals surface area contributed by atoms with E-state index < -0.39 is 9.84 Å². The van der Waals surface area contributed by atoms with Gasteiger partial charge in [0.05, 0.1) is 19.0 Å². The van der Waals surface area contributed by atoms with Gasteiger partial charge in [-0.15, -0.1) is 0 Å². The first-order chi connectivity index (χ1) is 6.56. The van der Waals surface area contributed by atoms with E-state index in [4.69, 9.17) is 9.84 Å². The van der Waals surface area contributed by atoms with Crippen LogP contribution in [0.3, 0.4) is 0 Å². The van der Waals surface area contributed by atoms with Crippen LogP contribution in [0.5, 0.6) is 0 Å². The van der Waals surface area contributed by atoms with Crippen molar-refractivity contribution in [2.45, 2.75) is 6.42 Å². The van der Waals surface area contributed by atoms with E-state index in [1.54, 1.807) is 0 Å². The van der Waals surface area contributed by atoms with E-state index in [2.05, 4.69) is 5.32 Å². The first-order valence-corrected chi connectivity index (χ1v) is 6.69. The molecule has 0 aliphatic heterocycles. The molecule has 0 aliphatic rings. The van der Waals surface area contributed by atoms with E-state index in [1.165, 1.54) is 6.26 Å². The lowest BCUT2D eigenvalue weighted by atomic mass is 10.4. The fraction of sp³-hybridized carbons (Fsp3) is 1.00. The Morgan fingerprint density at radius 2 is 2.00 bits per heavy atom. The SMILES string of the molecule is CS(=O)(=O)CCNCCCOCCO. The first-order valence-electron chi connectivity index (χ1n) is 4.63. The summed E-state index contributed by atoms with van der Waals surface area (Å²) in [6.45, 7) is 2.22. The molecule has 86 valence electrons. The highest BCUT2D eigenvalue weighted by Crippen LogP contribution is 1.82. The zero-order valence-electron chi connectivity index (χ0n) is 8.53. The molecule has 0 saturated carbocycles. The number of sulfone groups is 1. The molecule has 0 atom stereocenters. The van der Waals surface area contributed by atoms with Gasteiger partial charge in [-0.1, -0.05) is 0 Å². The van der Waals surface area contributed by atoms with E-state index in [-0.39, 0.29) is 12.4 Å². The molecule has 0 heterocycles. The van der Waals surface area contributed by atoms with Crippen LogP contribution in [0.4, 0.5) is 0 Å². The van der Waals surface area contributed by atoms with Crippen LogP contribution in [0.15, 0.2) is 0 Å². The molecular weight excluding hydrogens is 206 g/mol. The van der Waals surface area contributed by atoms with Crippen LogP contribution in [0.25, 0.3) is 0 Å². The highest BCUT2D eigenvalue weighted by Gasteiger charge is 1.99. The van der Waals surface area contributed by atoms with Gasteiger partial charge >= 0.3 is 0 Å². The molecule has 0 rings (SSSR count). The number of ether oxygens (including phenoxy) is 1. The minimum atomic E-state index is -2.85. The summed E-state index contributed by atoms with van der Waals surface area (Å²) in [5, 5.41) is 11.4. The van der Waals surface area contributed by atoms with Crippen molar-refractivity contribution in [1.29, 1.82) is 0 Å². The number of nitrogens with one attached hydrogen (secondary N) is 1. The molecular formula is C8H19NO4S. The third-order valence-electron chi connectivity index (χ3n) is 1.53. The number of aliphatic hydroxyl groups excluding tert-OH is 1. The van der Waals surface area contributed by atoms with E-state index >= 15 is 0 Å². The Hall–Kier alpha value is -0.170. The molecule has 5 nitrogen and oxygen atoms in total. The molecule has 0 bridgehead atoms. The molecule has 6 heteroatoms. The van der Waals surface area contributed by atoms with Crippen LogP contribution in [0.1, 0.15) is 6.42 Å². The molecule has 0 aromatic carbocycles. The highest BCUT2D eigenvalue weighted by molar-refractivity contribution is 7.90. The Bertz CT molecular complexity index is 215. The Kier molecular flexibility index (Phi) is 8.07. The number of hydrogen-bond donors (Lipinski definition) is 2. The van der Waals surface area contributed by atoms with Gasteiger partial charge in [-0.3, -0.25) is 0 Å². The maximum Gasteiger partial charge on any atom is 0.148 e. The smallest absolute Gasteiger partial charge is 0.148 e. The lowest BCUT2D eigenvalue weighted by molar-refractivity contribution is 0.0908. The summed E-state index contributed by atoms with van der Waals surface area (Å²) in [6.07, 6.45) is 2.04. The predicted octanol–water partition coefficient (Wildman–Crippen LogP) is -0.980. The summed E-state index contributed by atoms with van der Waals surface area (Å²) in [4.78, 5) is 0. The van der Waals surface area contributed by atoms with E-state index in [0.717, 1.165) is 13.0 Å². The van der Waals surface area contributed by atoms with E-state index in [1.807, 2.05) is 0 Å². The number of hydrogen-bond acceptors (Lipinski definition) is 5. The van der Waals surface area contributed by atoms with Crippen LogP contribution in [-0.2, 0) is 14.6 Å². The molecule has 0 unspecified atom stereocenters. The standard InChI is InChI=1S/C8H19NO4S/c1-14(11,12)8-4-9-3-2-6-13-7-5-10/h9-10H,2-8H2,1H3. The molecule has 0 aliphatic carbocycles. The Labute approximate surface area is 85.4 Å². The summed E-state index contributed by atoms with van der Waals surface area (Å²) in [5.41, 5.74) is 0. The normalized spacial score (nSPS) is 11.9. The zero-order chi connectivity index (χ0) is 10.9. The maximum absolute atomic E-state index is 10.7. The first kappa shape index (κ1) is 13.8. The lowest BCUT2D eigenvalue weighted by Crippen LogP contribution is -2.24. The van der Waals surface area contributed by atoms with Gasteiger partial charge < -0.3 is 15.2 Å². The average Bonchev–Trinajstić information content (AvgIpc) is 2.08. The lowest BCUT2D eigenvalue weighted by Gasteiger charge is -2.04. The molecule has 0 amide bonds. The molecule has 14 heavy (non-hydrogen) atoms. The van der Waals surface area contributed by atoms with Crippen molar-refractivity contribution in [1.82, 2.24) is 5.32 Å². The quantitative estimate of drug-likeness (QED) is 0.493. The van der Waals surface area contributed by atoms with Crippen LogP contribution in [-0.4, -0.2) is 58.4 Å². The van der Waals surface area contributed by atoms with Crippen LogP contribution in [0, 0.1) is 0 Å². The highest BCUT2D eigenvalue weighted by atomic mass is 32.2. The third-order valence-corrected chi connectivity index (χ3v) is 2.47. The second-order valence-electron chi connectivity index (χ2n) is 3.07. The van der Waals surface area contributed by atoms with Crippen molar-refractivity contribution in [2.24, 2.45) is 0 Å². The van der Waals surface area contributed by atoms with Crippen LogP contribution >= 0.6 is 0 Å². The van der Waals surface area contributed by atoms with E-state index in [9.17, 15) is 8.42 Å². The Balaban J connectivity index is 3.07. The maximum atomic E-state index is 10.7. The van der Waals surface area contributed by atoms with Crippen molar-refractivity contribution in [3.05, 3.63) is 0 Å². The van der Waals surface area contributed by atoms with Crippen molar-refractivity contribution < 1.29 is 18.3 Å². The van der Waals surface area contributed by atoms with Gasteiger partial charge in [-0.25, -0.2) is 8.42 Å². The van der Waals surface area contributed by atoms with Crippen molar-refractivity contribution >= 4 is 9.84 Å². The van der Waals surface area contributed by atoms with Crippen molar-refractivity contribution in [3.63, 3.8) is 0 Å². The zero-order valence-corrected chi connectivity index (χ0v) is 9.35. The van der Waals surface area contributed by atoms with Gasteiger partial charge in [0.15, 0.2) is 0 Å².